The first-order chi connectivity index (χ1) is 35.9. The van der Waals surface area contributed by atoms with Crippen LogP contribution in [0, 0.1) is 11.8 Å². The Hall–Kier alpha value is -8.59. The summed E-state index contributed by atoms with van der Waals surface area (Å²) in [5.74, 6) is 0.796. The first-order valence-corrected chi connectivity index (χ1v) is 25.1. The lowest BCUT2D eigenvalue weighted by Gasteiger charge is -2.40. The highest BCUT2D eigenvalue weighted by Crippen LogP contribution is 2.42. The summed E-state index contributed by atoms with van der Waals surface area (Å²) in [6, 6.07) is 31.0. The molecule has 1 N–H and O–H groups in total. The van der Waals surface area contributed by atoms with Gasteiger partial charge in [-0.05, 0) is 81.1 Å². The second-order valence-corrected chi connectivity index (χ2v) is 19.5. The monoisotopic (exact) mass is 961 g/mol. The number of H-pyrrole nitrogens is 1. The molecular formula is C58H55N15. The van der Waals surface area contributed by atoms with Crippen molar-refractivity contribution in [3.8, 4) is 45.0 Å². The van der Waals surface area contributed by atoms with Crippen molar-refractivity contribution in [1.82, 2.24) is 60.3 Å². The molecule has 14 rings (SSSR count). The third-order valence-corrected chi connectivity index (χ3v) is 14.0. The fraction of sp³-hybridized carbons (Fsp3) is 0.259. The fourth-order valence-electron chi connectivity index (χ4n) is 10.4. The largest absolute Gasteiger partial charge is 0.362 e. The molecule has 362 valence electrons. The first kappa shape index (κ1) is 46.8. The van der Waals surface area contributed by atoms with Gasteiger partial charge in [-0.3, -0.25) is 34.9 Å². The van der Waals surface area contributed by atoms with E-state index < -0.39 is 0 Å². The van der Waals surface area contributed by atoms with Crippen molar-refractivity contribution >= 4 is 17.1 Å². The van der Waals surface area contributed by atoms with Gasteiger partial charge in [0.1, 0.15) is 29.1 Å². The van der Waals surface area contributed by atoms with Gasteiger partial charge in [-0.1, -0.05) is 80.3 Å². The van der Waals surface area contributed by atoms with Gasteiger partial charge in [0.05, 0.1) is 39.9 Å². The summed E-state index contributed by atoms with van der Waals surface area (Å²) in [6.07, 6.45) is 26.7. The molecular weight excluding hydrogens is 907 g/mol. The molecule has 3 aliphatic carbocycles. The van der Waals surface area contributed by atoms with Crippen LogP contribution < -0.4 is 4.90 Å². The summed E-state index contributed by atoms with van der Waals surface area (Å²) in [7, 11) is 0. The van der Waals surface area contributed by atoms with Crippen LogP contribution in [0.25, 0.3) is 45.0 Å². The third kappa shape index (κ3) is 9.90. The zero-order chi connectivity index (χ0) is 49.6. The third-order valence-electron chi connectivity index (χ3n) is 14.0. The average molecular weight is 962 g/mol. The number of hydrogen-bond donors (Lipinski definition) is 1. The van der Waals surface area contributed by atoms with Crippen molar-refractivity contribution in [2.45, 2.75) is 84.2 Å². The molecule has 2 aromatic carbocycles. The Morgan fingerprint density at radius 3 is 1.70 bits per heavy atom. The number of aromatic amines is 1. The molecule has 9 aromatic rings. The van der Waals surface area contributed by atoms with Crippen LogP contribution in [-0.4, -0.2) is 77.2 Å². The van der Waals surface area contributed by atoms with Crippen LogP contribution in [0.4, 0.5) is 5.69 Å². The van der Waals surface area contributed by atoms with E-state index in [9.17, 15) is 0 Å². The summed E-state index contributed by atoms with van der Waals surface area (Å²) in [5.41, 5.74) is 19.1. The number of pyridine rings is 3. The van der Waals surface area contributed by atoms with E-state index in [0.29, 0.717) is 11.8 Å². The van der Waals surface area contributed by atoms with Gasteiger partial charge in [-0.15, -0.1) is 0 Å². The Labute approximate surface area is 424 Å². The number of nitrogens with one attached hydrogen (secondary N) is 1. The zero-order valence-corrected chi connectivity index (χ0v) is 41.2. The number of aromatic nitrogens is 12. The summed E-state index contributed by atoms with van der Waals surface area (Å²) < 4.78 is 0. The van der Waals surface area contributed by atoms with Crippen LogP contribution in [0.2, 0.25) is 0 Å². The molecule has 15 heteroatoms. The highest BCUT2D eigenvalue weighted by molar-refractivity contribution is 6.10. The Morgan fingerprint density at radius 1 is 0.466 bits per heavy atom. The summed E-state index contributed by atoms with van der Waals surface area (Å²) >= 11 is 0. The van der Waals surface area contributed by atoms with Crippen LogP contribution >= 0.6 is 0 Å². The van der Waals surface area contributed by atoms with Crippen molar-refractivity contribution < 1.29 is 0 Å². The van der Waals surface area contributed by atoms with Gasteiger partial charge < -0.3 is 4.90 Å². The molecule has 0 bridgehead atoms. The van der Waals surface area contributed by atoms with Gasteiger partial charge in [-0.25, -0.2) is 9.97 Å². The maximum Gasteiger partial charge on any atom is 0.122 e. The molecule has 0 radical (unpaired) electrons. The highest BCUT2D eigenvalue weighted by atomic mass is 15.3. The minimum Gasteiger partial charge on any atom is -0.362 e. The van der Waals surface area contributed by atoms with E-state index in [1.54, 1.807) is 31.1 Å². The summed E-state index contributed by atoms with van der Waals surface area (Å²) in [6.45, 7) is 7.59. The molecule has 0 amide bonds. The minimum atomic E-state index is 0.00442. The van der Waals surface area contributed by atoms with Crippen LogP contribution in [0.1, 0.15) is 98.9 Å². The van der Waals surface area contributed by atoms with Gasteiger partial charge in [0.25, 0.3) is 0 Å². The number of hydrogen-bond acceptors (Lipinski definition) is 14. The smallest absolute Gasteiger partial charge is 0.122 e. The van der Waals surface area contributed by atoms with Crippen molar-refractivity contribution in [3.63, 3.8) is 0 Å². The molecule has 2 aliphatic heterocycles. The standard InChI is InChI=1S/C20H22N4.C19H20N4.C10H7N3.C9H6N4/c1-2-4-10-16-15(9-3-1)19(17-11-5-7-13-21-17)23-24-20(16)18-12-6-8-14-22-18;1-19(2,3)23-12-13-8-4-5-9-14(13)17-18(21-22-20-17)15-10-6-7-11-16(15)23;1-2-11-4-8-7(1)3-10-9(8)5-12-6-13-10;1-3-12-8-6(10-1)5-7-9(8)13-4-2-11-7/h5-8,11-16H,1-4,9-10H2;4-11H,12H2,1-3H3,(H,20,21,22);1-2,4-6H,3H2;1-4H,5H2. The number of fused-ring (bicyclic) bond motifs is 12. The first-order valence-electron chi connectivity index (χ1n) is 25.1. The van der Waals surface area contributed by atoms with Gasteiger partial charge in [0, 0.05) is 120 Å². The predicted octanol–water partition coefficient (Wildman–Crippen LogP) is 10.8. The fourth-order valence-corrected chi connectivity index (χ4v) is 10.4. The molecule has 5 aliphatic rings. The van der Waals surface area contributed by atoms with E-state index in [1.807, 2.05) is 61.3 Å². The molecule has 1 fully saturated rings. The number of anilines is 1. The Kier molecular flexibility index (Phi) is 13.5. The van der Waals surface area contributed by atoms with Gasteiger partial charge in [-0.2, -0.15) is 25.6 Å². The highest BCUT2D eigenvalue weighted by Gasteiger charge is 2.36. The number of nitrogens with zero attached hydrogens (tertiary/aromatic N) is 14. The SMILES string of the molecule is CC(C)(C)N1Cc2ccccc2-c2n[nH]nc2-c2ccccc21.c1cc2c(cn1)-c1cncnc1C2.c1ccc(C2=NN=C(c3ccccn3)C3CCCCCCC23)nc1.c1cnc2c(n1)Cc1nccnc1-2. The normalized spacial score (nSPS) is 16.6. The average Bonchev–Trinajstić information content (AvgIpc) is 4.17. The molecule has 2 atom stereocenters. The number of benzene rings is 2. The van der Waals surface area contributed by atoms with Gasteiger partial charge in [0.2, 0.25) is 0 Å². The lowest BCUT2D eigenvalue weighted by Crippen LogP contribution is -2.41. The topological polar surface area (TPSA) is 186 Å². The second kappa shape index (κ2) is 21.0. The molecule has 7 aromatic heterocycles. The Morgan fingerprint density at radius 2 is 1.05 bits per heavy atom. The maximum absolute atomic E-state index is 4.62. The Balaban J connectivity index is 0.000000109. The van der Waals surface area contributed by atoms with Gasteiger partial charge >= 0.3 is 0 Å². The minimum absolute atomic E-state index is 0.00442. The van der Waals surface area contributed by atoms with Crippen LogP contribution in [0.5, 0.6) is 0 Å². The van der Waals surface area contributed by atoms with Crippen molar-refractivity contribution in [3.05, 3.63) is 193 Å². The molecule has 15 nitrogen and oxygen atoms in total. The molecule has 73 heavy (non-hydrogen) atoms. The second-order valence-electron chi connectivity index (χ2n) is 19.5. The van der Waals surface area contributed by atoms with Crippen molar-refractivity contribution in [1.29, 1.82) is 0 Å². The summed E-state index contributed by atoms with van der Waals surface area (Å²) in [4.78, 5) is 40.8. The van der Waals surface area contributed by atoms with Crippen molar-refractivity contribution in [2.75, 3.05) is 4.90 Å². The van der Waals surface area contributed by atoms with E-state index in [4.69, 9.17) is 0 Å². The van der Waals surface area contributed by atoms with Gasteiger partial charge in [0.15, 0.2) is 0 Å². The molecule has 0 saturated heterocycles. The number of para-hydroxylation sites is 1. The predicted molar refractivity (Wildman–Crippen MR) is 283 cm³/mol. The van der Waals surface area contributed by atoms with Crippen molar-refractivity contribution in [2.24, 2.45) is 22.0 Å². The van der Waals surface area contributed by atoms with E-state index in [1.165, 1.54) is 48.1 Å². The molecule has 2 unspecified atom stereocenters. The Bertz CT molecular complexity index is 3180. The lowest BCUT2D eigenvalue weighted by atomic mass is 9.74. The van der Waals surface area contributed by atoms with Crippen LogP contribution in [0.15, 0.2) is 163 Å². The van der Waals surface area contributed by atoms with Crippen LogP contribution in [-0.2, 0) is 19.4 Å². The van der Waals surface area contributed by atoms with E-state index in [-0.39, 0.29) is 5.54 Å². The van der Waals surface area contributed by atoms with E-state index >= 15 is 0 Å². The quantitative estimate of drug-likeness (QED) is 0.173. The van der Waals surface area contributed by atoms with E-state index in [0.717, 1.165) is 112 Å². The summed E-state index contributed by atoms with van der Waals surface area (Å²) in [5, 5.41) is 20.9. The number of rotatable bonds is 2. The van der Waals surface area contributed by atoms with Crippen LogP contribution in [0.3, 0.4) is 0 Å². The molecule has 0 spiro atoms. The lowest BCUT2D eigenvalue weighted by molar-refractivity contribution is 0.391. The maximum atomic E-state index is 4.62. The molecule has 9 heterocycles. The zero-order valence-electron chi connectivity index (χ0n) is 41.2. The van der Waals surface area contributed by atoms with E-state index in [2.05, 4.69) is 157 Å². The molecule has 1 saturated carbocycles.